The first-order valence-corrected chi connectivity index (χ1v) is 8.47. The number of carbonyl (C=O) groups is 2. The number of amides is 3. The molecule has 24 heavy (non-hydrogen) atoms. The van der Waals surface area contributed by atoms with Crippen molar-refractivity contribution in [2.75, 3.05) is 26.2 Å². The maximum absolute atomic E-state index is 12.4. The molecule has 3 N–H and O–H groups in total. The lowest BCUT2D eigenvalue weighted by Gasteiger charge is -2.25. The second-order valence-electron chi connectivity index (χ2n) is 6.53. The lowest BCUT2D eigenvalue weighted by molar-refractivity contribution is -0.132. The zero-order valence-corrected chi connectivity index (χ0v) is 14.7. The van der Waals surface area contributed by atoms with Crippen molar-refractivity contribution in [2.24, 2.45) is 5.73 Å². The van der Waals surface area contributed by atoms with Gasteiger partial charge in [-0.3, -0.25) is 9.69 Å². The minimum absolute atomic E-state index is 0.0840. The highest BCUT2D eigenvalue weighted by atomic mass is 16.2. The van der Waals surface area contributed by atoms with Crippen LogP contribution in [0.1, 0.15) is 39.1 Å². The highest BCUT2D eigenvalue weighted by Gasteiger charge is 2.24. The maximum atomic E-state index is 12.4. The van der Waals surface area contributed by atoms with Crippen molar-refractivity contribution in [3.05, 3.63) is 18.2 Å². The smallest absolute Gasteiger partial charge is 0.312 e. The van der Waals surface area contributed by atoms with Gasteiger partial charge in [0.25, 0.3) is 0 Å². The molecule has 1 aromatic heterocycles. The third-order valence-electron chi connectivity index (χ3n) is 4.30. The van der Waals surface area contributed by atoms with Gasteiger partial charge < -0.3 is 20.5 Å². The van der Waals surface area contributed by atoms with Crippen molar-refractivity contribution < 1.29 is 9.59 Å². The molecule has 1 aliphatic rings. The SMILES string of the molecule is CC(C)n1ccnc1CN1CCCN(C(=O)[C@@H](C)NC(N)=O)CC1. The van der Waals surface area contributed by atoms with E-state index in [9.17, 15) is 9.59 Å². The second-order valence-corrected chi connectivity index (χ2v) is 6.53. The average molecular weight is 336 g/mol. The number of carbonyl (C=O) groups excluding carboxylic acids is 2. The van der Waals surface area contributed by atoms with Crippen LogP contribution in [-0.2, 0) is 11.3 Å². The van der Waals surface area contributed by atoms with Crippen LogP contribution in [0.4, 0.5) is 4.79 Å². The molecule has 1 atom stereocenters. The Bertz CT molecular complexity index is 571. The minimum atomic E-state index is -0.673. The van der Waals surface area contributed by atoms with Crippen LogP contribution in [0.25, 0.3) is 0 Å². The number of imidazole rings is 1. The van der Waals surface area contributed by atoms with E-state index >= 15 is 0 Å². The van der Waals surface area contributed by atoms with Crippen LogP contribution >= 0.6 is 0 Å². The number of hydrogen-bond donors (Lipinski definition) is 2. The second kappa shape index (κ2) is 8.14. The van der Waals surface area contributed by atoms with E-state index in [4.69, 9.17) is 5.73 Å². The molecule has 2 heterocycles. The first-order valence-electron chi connectivity index (χ1n) is 8.47. The molecule has 0 radical (unpaired) electrons. The van der Waals surface area contributed by atoms with Crippen LogP contribution in [-0.4, -0.2) is 63.5 Å². The molecule has 8 heteroatoms. The third-order valence-corrected chi connectivity index (χ3v) is 4.30. The van der Waals surface area contributed by atoms with Gasteiger partial charge in [-0.05, 0) is 27.2 Å². The molecule has 0 aliphatic carbocycles. The van der Waals surface area contributed by atoms with Gasteiger partial charge in [-0.2, -0.15) is 0 Å². The van der Waals surface area contributed by atoms with Gasteiger partial charge in [-0.1, -0.05) is 0 Å². The van der Waals surface area contributed by atoms with E-state index in [0.29, 0.717) is 19.1 Å². The predicted octanol–water partition coefficient (Wildman–Crippen LogP) is 0.555. The van der Waals surface area contributed by atoms with Crippen molar-refractivity contribution in [2.45, 2.75) is 45.8 Å². The molecule has 1 fully saturated rings. The van der Waals surface area contributed by atoms with Crippen LogP contribution in [0.5, 0.6) is 0 Å². The number of urea groups is 1. The summed E-state index contributed by atoms with van der Waals surface area (Å²) in [6.07, 6.45) is 4.74. The molecule has 0 unspecified atom stereocenters. The number of nitrogens with zero attached hydrogens (tertiary/aromatic N) is 4. The molecule has 3 amide bonds. The molecule has 0 aromatic carbocycles. The van der Waals surface area contributed by atoms with Crippen LogP contribution < -0.4 is 11.1 Å². The Morgan fingerprint density at radius 2 is 2.00 bits per heavy atom. The predicted molar refractivity (Wildman–Crippen MR) is 91.3 cm³/mol. The summed E-state index contributed by atoms with van der Waals surface area (Å²) in [5.74, 6) is 0.966. The van der Waals surface area contributed by atoms with Gasteiger partial charge >= 0.3 is 6.03 Å². The van der Waals surface area contributed by atoms with E-state index in [1.54, 1.807) is 11.8 Å². The summed E-state index contributed by atoms with van der Waals surface area (Å²) in [6, 6.07) is -0.880. The normalized spacial score (nSPS) is 17.6. The number of rotatable bonds is 5. The van der Waals surface area contributed by atoms with Crippen molar-refractivity contribution in [3.8, 4) is 0 Å². The summed E-state index contributed by atoms with van der Waals surface area (Å²) in [4.78, 5) is 31.9. The fourth-order valence-electron chi connectivity index (χ4n) is 3.03. The molecule has 0 bridgehead atoms. The molecule has 134 valence electrons. The van der Waals surface area contributed by atoms with E-state index in [1.165, 1.54) is 0 Å². The van der Waals surface area contributed by atoms with E-state index in [-0.39, 0.29) is 5.91 Å². The molecule has 0 spiro atoms. The zero-order chi connectivity index (χ0) is 17.7. The summed E-state index contributed by atoms with van der Waals surface area (Å²) in [7, 11) is 0. The average Bonchev–Trinajstić information content (AvgIpc) is 2.84. The van der Waals surface area contributed by atoms with E-state index in [1.807, 2.05) is 12.4 Å². The molecular formula is C16H28N6O2. The fraction of sp³-hybridized carbons (Fsp3) is 0.688. The molecule has 1 saturated heterocycles. The largest absolute Gasteiger partial charge is 0.352 e. The first kappa shape index (κ1) is 18.3. The van der Waals surface area contributed by atoms with Crippen molar-refractivity contribution >= 4 is 11.9 Å². The van der Waals surface area contributed by atoms with Crippen LogP contribution in [0.3, 0.4) is 0 Å². The molecule has 2 rings (SSSR count). The molecule has 8 nitrogen and oxygen atoms in total. The van der Waals surface area contributed by atoms with Gasteiger partial charge in [0.05, 0.1) is 6.54 Å². The van der Waals surface area contributed by atoms with Gasteiger partial charge in [0.15, 0.2) is 0 Å². The van der Waals surface area contributed by atoms with Gasteiger partial charge in [0.1, 0.15) is 11.9 Å². The number of nitrogens with two attached hydrogens (primary N) is 1. The Morgan fingerprint density at radius 3 is 2.67 bits per heavy atom. The third kappa shape index (κ3) is 4.70. The Morgan fingerprint density at radius 1 is 1.25 bits per heavy atom. The van der Waals surface area contributed by atoms with Gasteiger partial charge in [0, 0.05) is 44.6 Å². The summed E-state index contributed by atoms with van der Waals surface area (Å²) >= 11 is 0. The Balaban J connectivity index is 1.91. The van der Waals surface area contributed by atoms with E-state index in [0.717, 1.165) is 31.9 Å². The van der Waals surface area contributed by atoms with Crippen LogP contribution in [0, 0.1) is 0 Å². The maximum Gasteiger partial charge on any atom is 0.312 e. The van der Waals surface area contributed by atoms with Gasteiger partial charge in [-0.25, -0.2) is 9.78 Å². The van der Waals surface area contributed by atoms with Crippen LogP contribution in [0.15, 0.2) is 12.4 Å². The molecule has 1 aromatic rings. The van der Waals surface area contributed by atoms with Crippen LogP contribution in [0.2, 0.25) is 0 Å². The minimum Gasteiger partial charge on any atom is -0.352 e. The standard InChI is InChI=1S/C16H28N6O2/c1-12(2)22-8-5-18-14(22)11-20-6-4-7-21(10-9-20)15(23)13(3)19-16(17)24/h5,8,12-13H,4,6-7,9-11H2,1-3H3,(H3,17,19,24)/t13-/m1/s1. The first-order chi connectivity index (χ1) is 11.4. The number of hydrogen-bond acceptors (Lipinski definition) is 4. The lowest BCUT2D eigenvalue weighted by Crippen LogP contribution is -2.49. The van der Waals surface area contributed by atoms with Crippen molar-refractivity contribution in [1.82, 2.24) is 24.7 Å². The van der Waals surface area contributed by atoms with E-state index < -0.39 is 12.1 Å². The highest BCUT2D eigenvalue weighted by molar-refractivity contribution is 5.86. The molecule has 0 saturated carbocycles. The van der Waals surface area contributed by atoms with Crippen molar-refractivity contribution in [1.29, 1.82) is 0 Å². The van der Waals surface area contributed by atoms with Crippen molar-refractivity contribution in [3.63, 3.8) is 0 Å². The fourth-order valence-corrected chi connectivity index (χ4v) is 3.03. The monoisotopic (exact) mass is 336 g/mol. The Kier molecular flexibility index (Phi) is 6.19. The summed E-state index contributed by atoms with van der Waals surface area (Å²) in [5, 5.41) is 2.45. The summed E-state index contributed by atoms with van der Waals surface area (Å²) in [6.45, 7) is 9.77. The zero-order valence-electron chi connectivity index (χ0n) is 14.7. The summed E-state index contributed by atoms with van der Waals surface area (Å²) < 4.78 is 2.17. The number of nitrogens with one attached hydrogen (secondary N) is 1. The van der Waals surface area contributed by atoms with E-state index in [2.05, 4.69) is 33.6 Å². The topological polar surface area (TPSA) is 96.5 Å². The van der Waals surface area contributed by atoms with Gasteiger partial charge in [-0.15, -0.1) is 0 Å². The Hall–Kier alpha value is -2.09. The highest BCUT2D eigenvalue weighted by Crippen LogP contribution is 2.12. The lowest BCUT2D eigenvalue weighted by atomic mass is 10.2. The molecular weight excluding hydrogens is 308 g/mol. The Labute approximate surface area is 143 Å². The van der Waals surface area contributed by atoms with Gasteiger partial charge in [0.2, 0.25) is 5.91 Å². The molecule has 1 aliphatic heterocycles. The quantitative estimate of drug-likeness (QED) is 0.821. The summed E-state index contributed by atoms with van der Waals surface area (Å²) in [5.41, 5.74) is 5.09. The number of primary amides is 1. The number of aromatic nitrogens is 2.